The zero-order valence-corrected chi connectivity index (χ0v) is 25.4. The van der Waals surface area contributed by atoms with Crippen LogP contribution in [0.5, 0.6) is 5.75 Å². The van der Waals surface area contributed by atoms with E-state index in [0.717, 1.165) is 71.0 Å². The zero-order valence-electron chi connectivity index (χ0n) is 24.5. The van der Waals surface area contributed by atoms with Crippen molar-refractivity contribution < 1.29 is 18.5 Å². The van der Waals surface area contributed by atoms with Crippen LogP contribution in [-0.4, -0.2) is 39.4 Å². The Morgan fingerprint density at radius 1 is 0.929 bits per heavy atom. The van der Waals surface area contributed by atoms with Gasteiger partial charge in [0, 0.05) is 30.7 Å². The molecule has 1 atom stereocenters. The Kier molecular flexibility index (Phi) is 12.3. The molecule has 0 fully saturated rings. The average molecular weight is 585 g/mol. The van der Waals surface area contributed by atoms with Gasteiger partial charge in [0.1, 0.15) is 12.4 Å². The van der Waals surface area contributed by atoms with E-state index in [0.29, 0.717) is 19.0 Å². The maximum Gasteiger partial charge on any atom is 0.160 e. The van der Waals surface area contributed by atoms with Gasteiger partial charge in [0.15, 0.2) is 5.78 Å². The number of rotatable bonds is 17. The predicted molar refractivity (Wildman–Crippen MR) is 170 cm³/mol. The quantitative estimate of drug-likeness (QED) is 0.0963. The topological polar surface area (TPSA) is 70.4 Å². The first-order chi connectivity index (χ1) is 20.6. The van der Waals surface area contributed by atoms with Crippen LogP contribution in [0.3, 0.4) is 0 Å². The van der Waals surface area contributed by atoms with E-state index in [1.54, 1.807) is 18.6 Å². The van der Waals surface area contributed by atoms with Crippen LogP contribution >= 0.6 is 0 Å². The molecule has 0 amide bonds. The van der Waals surface area contributed by atoms with Gasteiger partial charge in [-0.25, -0.2) is 4.98 Å². The SMILES string of the molecule is CCCCOCCOc1ccc(-c2cccc(/C=C/C(=O)Cc3ccc([S@@](=O)Cc4cncn4CCC)cc3)c2)cc1. The largest absolute Gasteiger partial charge is 0.491 e. The van der Waals surface area contributed by atoms with Crippen LogP contribution in [0.25, 0.3) is 17.2 Å². The van der Waals surface area contributed by atoms with Gasteiger partial charge < -0.3 is 14.0 Å². The first-order valence-corrected chi connectivity index (χ1v) is 16.0. The third kappa shape index (κ3) is 9.64. The number of allylic oxidation sites excluding steroid dienone is 1. The molecular formula is C35H40N2O4S. The van der Waals surface area contributed by atoms with Crippen LogP contribution in [0, 0.1) is 0 Å². The number of benzene rings is 3. The summed E-state index contributed by atoms with van der Waals surface area (Å²) in [5, 5.41) is 0. The molecule has 0 bridgehead atoms. The number of nitrogens with zero attached hydrogens (tertiary/aromatic N) is 2. The Morgan fingerprint density at radius 2 is 1.74 bits per heavy atom. The molecule has 0 saturated carbocycles. The number of ketones is 1. The van der Waals surface area contributed by atoms with Gasteiger partial charge in [-0.05, 0) is 71.5 Å². The molecule has 0 saturated heterocycles. The summed E-state index contributed by atoms with van der Waals surface area (Å²) in [5.41, 5.74) is 4.97. The van der Waals surface area contributed by atoms with Crippen LogP contribution in [0.1, 0.15) is 49.9 Å². The van der Waals surface area contributed by atoms with Crippen molar-refractivity contribution in [3.63, 3.8) is 0 Å². The fourth-order valence-electron chi connectivity index (χ4n) is 4.47. The van der Waals surface area contributed by atoms with E-state index >= 15 is 0 Å². The second-order valence-electron chi connectivity index (χ2n) is 10.2. The lowest BCUT2D eigenvalue weighted by Crippen LogP contribution is -2.07. The van der Waals surface area contributed by atoms with Gasteiger partial charge in [-0.1, -0.05) is 68.8 Å². The minimum absolute atomic E-state index is 0.0120. The lowest BCUT2D eigenvalue weighted by Gasteiger charge is -2.08. The molecule has 0 unspecified atom stereocenters. The third-order valence-electron chi connectivity index (χ3n) is 6.78. The number of hydrogen-bond donors (Lipinski definition) is 0. The maximum atomic E-state index is 12.9. The van der Waals surface area contributed by atoms with Crippen LogP contribution in [0.15, 0.2) is 96.3 Å². The monoisotopic (exact) mass is 584 g/mol. The van der Waals surface area contributed by atoms with Crippen molar-refractivity contribution in [2.75, 3.05) is 19.8 Å². The molecule has 1 heterocycles. The predicted octanol–water partition coefficient (Wildman–Crippen LogP) is 7.29. The molecule has 7 heteroatoms. The van der Waals surface area contributed by atoms with Crippen LogP contribution in [0.4, 0.5) is 0 Å². The van der Waals surface area contributed by atoms with E-state index in [9.17, 15) is 9.00 Å². The summed E-state index contributed by atoms with van der Waals surface area (Å²) >= 11 is 0. The number of unbranched alkanes of at least 4 members (excludes halogenated alkanes) is 1. The summed E-state index contributed by atoms with van der Waals surface area (Å²) in [5.74, 6) is 1.25. The highest BCUT2D eigenvalue weighted by Gasteiger charge is 2.10. The maximum absolute atomic E-state index is 12.9. The highest BCUT2D eigenvalue weighted by molar-refractivity contribution is 7.84. The summed E-state index contributed by atoms with van der Waals surface area (Å²) in [6.07, 6.45) is 10.5. The molecule has 1 aromatic heterocycles. The van der Waals surface area contributed by atoms with Crippen molar-refractivity contribution in [3.8, 4) is 16.9 Å². The van der Waals surface area contributed by atoms with Crippen molar-refractivity contribution in [2.24, 2.45) is 0 Å². The normalized spacial score (nSPS) is 12.0. The molecule has 0 aliphatic rings. The molecule has 0 spiro atoms. The van der Waals surface area contributed by atoms with Gasteiger partial charge >= 0.3 is 0 Å². The summed E-state index contributed by atoms with van der Waals surface area (Å²) in [7, 11) is -1.17. The molecule has 6 nitrogen and oxygen atoms in total. The van der Waals surface area contributed by atoms with E-state index < -0.39 is 10.8 Å². The molecule has 220 valence electrons. The Labute approximate surface area is 251 Å². The Bertz CT molecular complexity index is 1460. The number of imidazole rings is 1. The molecule has 4 rings (SSSR count). The van der Waals surface area contributed by atoms with E-state index in [1.807, 2.05) is 71.3 Å². The van der Waals surface area contributed by atoms with E-state index in [1.165, 1.54) is 0 Å². The molecule has 0 aliphatic heterocycles. The molecule has 0 N–H and O–H groups in total. The van der Waals surface area contributed by atoms with Crippen LogP contribution < -0.4 is 4.74 Å². The number of carbonyl (C=O) groups is 1. The average Bonchev–Trinajstić information content (AvgIpc) is 3.45. The number of aromatic nitrogens is 2. The minimum Gasteiger partial charge on any atom is -0.491 e. The summed E-state index contributed by atoms with van der Waals surface area (Å²) in [4.78, 5) is 17.6. The van der Waals surface area contributed by atoms with Gasteiger partial charge in [0.05, 0.1) is 35.2 Å². The van der Waals surface area contributed by atoms with Gasteiger partial charge in [0.25, 0.3) is 0 Å². The Hall–Kier alpha value is -3.81. The van der Waals surface area contributed by atoms with Crippen LogP contribution in [0.2, 0.25) is 0 Å². The molecule has 0 aliphatic carbocycles. The minimum atomic E-state index is -1.17. The summed E-state index contributed by atoms with van der Waals surface area (Å²) < 4.78 is 26.2. The van der Waals surface area contributed by atoms with E-state index in [-0.39, 0.29) is 12.2 Å². The van der Waals surface area contributed by atoms with Crippen molar-refractivity contribution in [2.45, 2.75) is 56.7 Å². The van der Waals surface area contributed by atoms with Gasteiger partial charge in [0.2, 0.25) is 0 Å². The smallest absolute Gasteiger partial charge is 0.160 e. The second-order valence-corrected chi connectivity index (χ2v) is 11.6. The lowest BCUT2D eigenvalue weighted by atomic mass is 10.0. The number of ether oxygens (including phenoxy) is 2. The van der Waals surface area contributed by atoms with Gasteiger partial charge in [-0.15, -0.1) is 0 Å². The lowest BCUT2D eigenvalue weighted by molar-refractivity contribution is -0.113. The summed E-state index contributed by atoms with van der Waals surface area (Å²) in [6, 6.07) is 23.6. The first-order valence-electron chi connectivity index (χ1n) is 14.6. The molecular weight excluding hydrogens is 544 g/mol. The Morgan fingerprint density at radius 3 is 2.50 bits per heavy atom. The first kappa shape index (κ1) is 31.1. The Balaban J connectivity index is 1.27. The third-order valence-corrected chi connectivity index (χ3v) is 8.14. The van der Waals surface area contributed by atoms with Crippen molar-refractivity contribution >= 4 is 22.7 Å². The van der Waals surface area contributed by atoms with E-state index in [4.69, 9.17) is 9.47 Å². The van der Waals surface area contributed by atoms with Crippen molar-refractivity contribution in [3.05, 3.63) is 108 Å². The number of carbonyl (C=O) groups excluding carboxylic acids is 1. The molecule has 0 radical (unpaired) electrons. The van der Waals surface area contributed by atoms with E-state index in [2.05, 4.69) is 31.0 Å². The number of aryl methyl sites for hydroxylation is 1. The van der Waals surface area contributed by atoms with Gasteiger partial charge in [-0.3, -0.25) is 9.00 Å². The number of hydrogen-bond acceptors (Lipinski definition) is 5. The fourth-order valence-corrected chi connectivity index (χ4v) is 5.58. The standard InChI is InChI=1S/C35H40N2O4S/c1-3-5-20-40-21-22-41-34-15-12-30(13-16-34)31-8-6-7-28(23-31)9-14-33(38)24-29-10-17-35(18-11-29)42(39)26-32-25-36-27-37(32)19-4-2/h6-18,23,25,27H,3-5,19-22,24,26H2,1-2H3/b14-9+/t42-/m0/s1. The second kappa shape index (κ2) is 16.6. The van der Waals surface area contributed by atoms with Gasteiger partial charge in [-0.2, -0.15) is 0 Å². The molecule has 4 aromatic rings. The van der Waals surface area contributed by atoms with Crippen molar-refractivity contribution in [1.82, 2.24) is 9.55 Å². The summed E-state index contributed by atoms with van der Waals surface area (Å²) in [6.45, 7) is 7.02. The van der Waals surface area contributed by atoms with Crippen LogP contribution in [-0.2, 0) is 39.0 Å². The molecule has 42 heavy (non-hydrogen) atoms. The highest BCUT2D eigenvalue weighted by Crippen LogP contribution is 2.24. The van der Waals surface area contributed by atoms with Crippen molar-refractivity contribution in [1.29, 1.82) is 0 Å². The molecule has 3 aromatic carbocycles. The zero-order chi connectivity index (χ0) is 29.6. The fraction of sp³-hybridized carbons (Fsp3) is 0.314. The highest BCUT2D eigenvalue weighted by atomic mass is 32.2.